The van der Waals surface area contributed by atoms with Gasteiger partial charge in [-0.3, -0.25) is 4.68 Å². The highest BCUT2D eigenvalue weighted by molar-refractivity contribution is 5.63. The third kappa shape index (κ3) is 5.83. The van der Waals surface area contributed by atoms with E-state index in [9.17, 15) is 13.9 Å². The molecule has 3 aromatic heterocycles. The van der Waals surface area contributed by atoms with Crippen molar-refractivity contribution in [2.24, 2.45) is 0 Å². The van der Waals surface area contributed by atoms with E-state index in [0.29, 0.717) is 48.5 Å². The first-order valence-corrected chi connectivity index (χ1v) is 12.1. The van der Waals surface area contributed by atoms with Crippen molar-refractivity contribution in [1.82, 2.24) is 24.9 Å². The fraction of sp³-hybridized carbons (Fsp3) is 0.385. The second kappa shape index (κ2) is 10.3. The van der Waals surface area contributed by atoms with E-state index in [0.717, 1.165) is 6.20 Å². The number of nitrogens with zero attached hydrogens (tertiary/aromatic N) is 5. The second-order valence-electron chi connectivity index (χ2n) is 9.75. The zero-order chi connectivity index (χ0) is 26.0. The fourth-order valence-corrected chi connectivity index (χ4v) is 4.63. The van der Waals surface area contributed by atoms with Gasteiger partial charge in [-0.05, 0) is 38.8 Å². The van der Waals surface area contributed by atoms with Crippen LogP contribution in [0.5, 0.6) is 0 Å². The molecule has 1 fully saturated rings. The SMILES string of the molecule is CC1(C)C[C@H](O)C[C@@H](CCNc2nc(-c3cc(-c4ccon4)n(Cc4ccccc4F)n3)ncc2F)O1. The summed E-state index contributed by atoms with van der Waals surface area (Å²) in [7, 11) is 0. The molecule has 5 rings (SSSR count). The van der Waals surface area contributed by atoms with Crippen LogP contribution in [0.4, 0.5) is 14.6 Å². The highest BCUT2D eigenvalue weighted by Gasteiger charge is 2.33. The summed E-state index contributed by atoms with van der Waals surface area (Å²) in [5, 5.41) is 21.7. The van der Waals surface area contributed by atoms with Crippen LogP contribution < -0.4 is 5.32 Å². The van der Waals surface area contributed by atoms with Crippen molar-refractivity contribution >= 4 is 5.82 Å². The van der Waals surface area contributed by atoms with Gasteiger partial charge in [0.25, 0.3) is 0 Å². The van der Waals surface area contributed by atoms with Crippen LogP contribution in [0.3, 0.4) is 0 Å². The number of rotatable bonds is 8. The molecule has 0 unspecified atom stereocenters. The molecule has 11 heteroatoms. The molecule has 0 radical (unpaired) electrons. The van der Waals surface area contributed by atoms with Gasteiger partial charge in [0.05, 0.1) is 36.2 Å². The van der Waals surface area contributed by atoms with Crippen molar-refractivity contribution in [2.75, 3.05) is 11.9 Å². The molecule has 1 aliphatic rings. The number of hydrogen-bond donors (Lipinski definition) is 2. The van der Waals surface area contributed by atoms with Crippen molar-refractivity contribution in [3.05, 3.63) is 66.1 Å². The van der Waals surface area contributed by atoms with Crippen LogP contribution in [0.1, 0.15) is 38.7 Å². The molecule has 0 bridgehead atoms. The van der Waals surface area contributed by atoms with E-state index in [2.05, 4.69) is 25.5 Å². The molecule has 2 N–H and O–H groups in total. The van der Waals surface area contributed by atoms with Crippen molar-refractivity contribution in [3.8, 4) is 22.9 Å². The Morgan fingerprint density at radius 3 is 2.76 bits per heavy atom. The van der Waals surface area contributed by atoms with Crippen molar-refractivity contribution < 1.29 is 23.1 Å². The summed E-state index contributed by atoms with van der Waals surface area (Å²) in [4.78, 5) is 8.47. The number of aliphatic hydroxyl groups excluding tert-OH is 1. The van der Waals surface area contributed by atoms with E-state index in [4.69, 9.17) is 9.26 Å². The second-order valence-corrected chi connectivity index (χ2v) is 9.75. The maximum Gasteiger partial charge on any atom is 0.183 e. The van der Waals surface area contributed by atoms with Crippen LogP contribution in [0, 0.1) is 11.6 Å². The number of hydrogen-bond acceptors (Lipinski definition) is 8. The van der Waals surface area contributed by atoms with Gasteiger partial charge in [-0.25, -0.2) is 18.7 Å². The number of aliphatic hydroxyl groups is 1. The van der Waals surface area contributed by atoms with E-state index in [1.807, 2.05) is 13.8 Å². The van der Waals surface area contributed by atoms with Crippen LogP contribution in [-0.2, 0) is 11.3 Å². The van der Waals surface area contributed by atoms with E-state index >= 15 is 0 Å². The van der Waals surface area contributed by atoms with Gasteiger partial charge in [0.1, 0.15) is 23.5 Å². The summed E-state index contributed by atoms with van der Waals surface area (Å²) in [5.41, 5.74) is 1.50. The Hall–Kier alpha value is -3.70. The molecule has 37 heavy (non-hydrogen) atoms. The highest BCUT2D eigenvalue weighted by atomic mass is 19.1. The first-order chi connectivity index (χ1) is 17.8. The topological polar surface area (TPSA) is 111 Å². The summed E-state index contributed by atoms with van der Waals surface area (Å²) in [5.74, 6) is -0.720. The molecule has 2 atom stereocenters. The fourth-order valence-electron chi connectivity index (χ4n) is 4.63. The molecule has 194 valence electrons. The van der Waals surface area contributed by atoms with Crippen molar-refractivity contribution in [3.63, 3.8) is 0 Å². The Bertz CT molecular complexity index is 1360. The standard InChI is InChI=1S/C26H28F2N6O3/c1-26(2)13-17(35)11-18(37-26)7-9-29-24-20(28)14-30-25(31-24)22-12-23(21-8-10-36-33-21)34(32-22)15-16-5-3-4-6-19(16)27/h3-6,8,10,12,14,17-18,35H,7,9,11,13,15H2,1-2H3,(H,29,30,31)/t17-,18-/m1/s1. The maximum absolute atomic E-state index is 14.5. The first kappa shape index (κ1) is 25.0. The first-order valence-electron chi connectivity index (χ1n) is 12.1. The lowest BCUT2D eigenvalue weighted by atomic mass is 9.91. The summed E-state index contributed by atoms with van der Waals surface area (Å²) in [6.07, 6.45) is 3.65. The monoisotopic (exact) mass is 510 g/mol. The predicted molar refractivity (Wildman–Crippen MR) is 132 cm³/mol. The van der Waals surface area contributed by atoms with Gasteiger partial charge in [0.15, 0.2) is 17.5 Å². The summed E-state index contributed by atoms with van der Waals surface area (Å²) >= 11 is 0. The molecular weight excluding hydrogens is 482 g/mol. The van der Waals surface area contributed by atoms with Crippen LogP contribution >= 0.6 is 0 Å². The summed E-state index contributed by atoms with van der Waals surface area (Å²) in [6.45, 7) is 4.44. The Kier molecular flexibility index (Phi) is 6.98. The minimum absolute atomic E-state index is 0.0345. The molecule has 9 nitrogen and oxygen atoms in total. The van der Waals surface area contributed by atoms with Crippen LogP contribution in [0.2, 0.25) is 0 Å². The van der Waals surface area contributed by atoms with Gasteiger partial charge < -0.3 is 19.7 Å². The quantitative estimate of drug-likeness (QED) is 0.358. The van der Waals surface area contributed by atoms with E-state index in [1.165, 1.54) is 12.3 Å². The average Bonchev–Trinajstić information content (AvgIpc) is 3.51. The number of benzene rings is 1. The molecule has 0 saturated carbocycles. The molecule has 0 spiro atoms. The molecule has 1 aliphatic heterocycles. The van der Waals surface area contributed by atoms with Gasteiger partial charge in [-0.1, -0.05) is 23.4 Å². The van der Waals surface area contributed by atoms with Gasteiger partial charge >= 0.3 is 0 Å². The normalized spacial score (nSPS) is 19.2. The summed E-state index contributed by atoms with van der Waals surface area (Å²) < 4.78 is 41.4. The lowest BCUT2D eigenvalue weighted by molar-refractivity contribution is -0.144. The number of halogens is 2. The highest BCUT2D eigenvalue weighted by Crippen LogP contribution is 2.30. The molecule has 4 aromatic rings. The van der Waals surface area contributed by atoms with Gasteiger partial charge in [0, 0.05) is 24.6 Å². The minimum Gasteiger partial charge on any atom is -0.393 e. The minimum atomic E-state index is -0.601. The smallest absolute Gasteiger partial charge is 0.183 e. The molecular formula is C26H28F2N6O3. The third-order valence-electron chi connectivity index (χ3n) is 6.24. The van der Waals surface area contributed by atoms with Gasteiger partial charge in [-0.2, -0.15) is 5.10 Å². The molecule has 4 heterocycles. The lowest BCUT2D eigenvalue weighted by Crippen LogP contribution is -2.42. The lowest BCUT2D eigenvalue weighted by Gasteiger charge is -2.38. The Balaban J connectivity index is 1.36. The van der Waals surface area contributed by atoms with Crippen molar-refractivity contribution in [2.45, 2.75) is 57.5 Å². The third-order valence-corrected chi connectivity index (χ3v) is 6.24. The number of anilines is 1. The number of aromatic nitrogens is 5. The van der Waals surface area contributed by atoms with E-state index in [1.54, 1.807) is 35.0 Å². The Morgan fingerprint density at radius 1 is 1.16 bits per heavy atom. The molecule has 1 saturated heterocycles. The zero-order valence-corrected chi connectivity index (χ0v) is 20.6. The summed E-state index contributed by atoms with van der Waals surface area (Å²) in [6, 6.07) is 9.81. The van der Waals surface area contributed by atoms with Gasteiger partial charge in [-0.15, -0.1) is 0 Å². The van der Waals surface area contributed by atoms with E-state index in [-0.39, 0.29) is 30.1 Å². The maximum atomic E-state index is 14.5. The number of nitrogens with one attached hydrogen (secondary N) is 1. The van der Waals surface area contributed by atoms with Crippen molar-refractivity contribution in [1.29, 1.82) is 0 Å². The van der Waals surface area contributed by atoms with E-state index < -0.39 is 17.5 Å². The van der Waals surface area contributed by atoms with Gasteiger partial charge in [0.2, 0.25) is 0 Å². The van der Waals surface area contributed by atoms with Crippen LogP contribution in [0.25, 0.3) is 22.9 Å². The predicted octanol–water partition coefficient (Wildman–Crippen LogP) is 4.44. The molecule has 0 aliphatic carbocycles. The Labute approximate surface area is 212 Å². The Morgan fingerprint density at radius 2 is 2.00 bits per heavy atom. The van der Waals surface area contributed by atoms with Crippen LogP contribution in [-0.4, -0.2) is 54.4 Å². The number of ether oxygens (including phenoxy) is 1. The molecule has 0 amide bonds. The largest absolute Gasteiger partial charge is 0.393 e. The zero-order valence-electron chi connectivity index (χ0n) is 20.6. The average molecular weight is 511 g/mol. The molecule has 1 aromatic carbocycles. The van der Waals surface area contributed by atoms with Crippen LogP contribution in [0.15, 0.2) is 53.4 Å².